The molecular weight excluding hydrogens is 374 g/mol. The Morgan fingerprint density at radius 1 is 0.636 bits per heavy atom. The highest BCUT2D eigenvalue weighted by Gasteiger charge is 2.17. The molecule has 0 aromatic heterocycles. The SMILES string of the molecule is CCC(CCl)OCC(CCl)OCC(CCl)OCC(CCl)OC. The zero-order valence-electron chi connectivity index (χ0n) is 13.1. The number of alkyl halides is 4. The molecule has 0 amide bonds. The maximum atomic E-state index is 5.89. The molecule has 0 aromatic carbocycles. The second-order valence-corrected chi connectivity index (χ2v) is 5.98. The summed E-state index contributed by atoms with van der Waals surface area (Å²) < 4.78 is 22.1. The molecule has 0 saturated carbocycles. The summed E-state index contributed by atoms with van der Waals surface area (Å²) in [4.78, 5) is 0. The molecule has 0 fully saturated rings. The van der Waals surface area contributed by atoms with Crippen molar-refractivity contribution in [1.29, 1.82) is 0 Å². The van der Waals surface area contributed by atoms with Gasteiger partial charge in [-0.3, -0.25) is 0 Å². The highest BCUT2D eigenvalue weighted by atomic mass is 35.5. The first-order valence-electron chi connectivity index (χ1n) is 7.26. The third-order valence-electron chi connectivity index (χ3n) is 3.03. The van der Waals surface area contributed by atoms with E-state index in [1.54, 1.807) is 7.11 Å². The smallest absolute Gasteiger partial charge is 0.0944 e. The van der Waals surface area contributed by atoms with Crippen LogP contribution in [0.3, 0.4) is 0 Å². The Balaban J connectivity index is 4.05. The first-order chi connectivity index (χ1) is 10.6. The molecule has 0 aliphatic heterocycles. The topological polar surface area (TPSA) is 36.9 Å². The molecule has 4 unspecified atom stereocenters. The molecule has 0 aromatic rings. The van der Waals surface area contributed by atoms with E-state index in [1.807, 2.05) is 6.92 Å². The van der Waals surface area contributed by atoms with Crippen molar-refractivity contribution >= 4 is 46.4 Å². The average molecular weight is 400 g/mol. The summed E-state index contributed by atoms with van der Waals surface area (Å²) in [5.74, 6) is 1.46. The molecule has 0 saturated heterocycles. The number of halogens is 4. The third-order valence-corrected chi connectivity index (χ3v) is 4.41. The van der Waals surface area contributed by atoms with Gasteiger partial charge in [-0.2, -0.15) is 0 Å². The van der Waals surface area contributed by atoms with Crippen LogP contribution in [0.2, 0.25) is 0 Å². The third kappa shape index (κ3) is 10.7. The van der Waals surface area contributed by atoms with Gasteiger partial charge in [-0.25, -0.2) is 0 Å². The molecule has 0 radical (unpaired) electrons. The van der Waals surface area contributed by atoms with Crippen LogP contribution in [0.1, 0.15) is 13.3 Å². The van der Waals surface area contributed by atoms with Gasteiger partial charge < -0.3 is 18.9 Å². The van der Waals surface area contributed by atoms with Crippen molar-refractivity contribution in [1.82, 2.24) is 0 Å². The molecule has 0 bridgehead atoms. The standard InChI is InChI=1S/C14H26Cl4O4/c1-3-11(4-15)20-9-13(6-17)22-10-14(7-18)21-8-12(5-16)19-2/h11-14H,3-10H2,1-2H3. The molecule has 4 nitrogen and oxygen atoms in total. The molecule has 4 atom stereocenters. The van der Waals surface area contributed by atoms with Crippen molar-refractivity contribution in [3.05, 3.63) is 0 Å². The summed E-state index contributed by atoms with van der Waals surface area (Å²) in [6.45, 7) is 3.11. The lowest BCUT2D eigenvalue weighted by Gasteiger charge is -2.23. The Morgan fingerprint density at radius 3 is 1.32 bits per heavy atom. The van der Waals surface area contributed by atoms with Crippen LogP contribution in [-0.2, 0) is 18.9 Å². The summed E-state index contributed by atoms with van der Waals surface area (Å²) in [5, 5.41) is 0. The highest BCUT2D eigenvalue weighted by molar-refractivity contribution is 6.18. The monoisotopic (exact) mass is 398 g/mol. The van der Waals surface area contributed by atoms with E-state index in [9.17, 15) is 0 Å². The zero-order valence-corrected chi connectivity index (χ0v) is 16.1. The van der Waals surface area contributed by atoms with Crippen LogP contribution in [0.5, 0.6) is 0 Å². The van der Waals surface area contributed by atoms with E-state index < -0.39 is 0 Å². The Morgan fingerprint density at radius 2 is 1.00 bits per heavy atom. The summed E-state index contributed by atoms with van der Waals surface area (Å²) in [6, 6.07) is 0. The van der Waals surface area contributed by atoms with E-state index in [-0.39, 0.29) is 24.4 Å². The molecule has 22 heavy (non-hydrogen) atoms. The van der Waals surface area contributed by atoms with Crippen molar-refractivity contribution in [2.75, 3.05) is 50.5 Å². The second kappa shape index (κ2) is 15.5. The zero-order chi connectivity index (χ0) is 16.8. The predicted octanol–water partition coefficient (Wildman–Crippen LogP) is 3.52. The van der Waals surface area contributed by atoms with Crippen LogP contribution >= 0.6 is 46.4 Å². The average Bonchev–Trinajstić information content (AvgIpc) is 2.56. The van der Waals surface area contributed by atoms with Crippen LogP contribution < -0.4 is 0 Å². The van der Waals surface area contributed by atoms with E-state index in [1.165, 1.54) is 0 Å². The minimum Gasteiger partial charge on any atom is -0.378 e. The lowest BCUT2D eigenvalue weighted by molar-refractivity contribution is -0.0789. The lowest BCUT2D eigenvalue weighted by atomic mass is 10.3. The number of methoxy groups -OCH3 is 1. The van der Waals surface area contributed by atoms with E-state index in [0.717, 1.165) is 6.42 Å². The van der Waals surface area contributed by atoms with E-state index in [4.69, 9.17) is 65.4 Å². The first-order valence-corrected chi connectivity index (χ1v) is 9.40. The summed E-state index contributed by atoms with van der Waals surface area (Å²) in [5.41, 5.74) is 0. The molecule has 0 spiro atoms. The number of ether oxygens (including phenoxy) is 4. The summed E-state index contributed by atoms with van der Waals surface area (Å²) in [7, 11) is 1.59. The van der Waals surface area contributed by atoms with E-state index in [0.29, 0.717) is 43.3 Å². The van der Waals surface area contributed by atoms with Crippen LogP contribution in [0.15, 0.2) is 0 Å². The molecule has 0 rings (SSSR count). The molecule has 0 heterocycles. The molecule has 0 aliphatic rings. The van der Waals surface area contributed by atoms with Crippen molar-refractivity contribution in [3.63, 3.8) is 0 Å². The highest BCUT2D eigenvalue weighted by Crippen LogP contribution is 2.07. The maximum absolute atomic E-state index is 5.89. The van der Waals surface area contributed by atoms with E-state index in [2.05, 4.69) is 0 Å². The van der Waals surface area contributed by atoms with Gasteiger partial charge in [0.15, 0.2) is 0 Å². The largest absolute Gasteiger partial charge is 0.378 e. The lowest BCUT2D eigenvalue weighted by Crippen LogP contribution is -2.33. The van der Waals surface area contributed by atoms with E-state index >= 15 is 0 Å². The number of hydrogen-bond donors (Lipinski definition) is 0. The fourth-order valence-electron chi connectivity index (χ4n) is 1.45. The maximum Gasteiger partial charge on any atom is 0.0944 e. The Bertz CT molecular complexity index is 217. The van der Waals surface area contributed by atoms with Crippen LogP contribution in [0.25, 0.3) is 0 Å². The first kappa shape index (κ1) is 23.0. The predicted molar refractivity (Wildman–Crippen MR) is 93.2 cm³/mol. The van der Waals surface area contributed by atoms with Crippen LogP contribution in [-0.4, -0.2) is 74.9 Å². The van der Waals surface area contributed by atoms with Crippen LogP contribution in [0, 0.1) is 0 Å². The van der Waals surface area contributed by atoms with Gasteiger partial charge in [-0.15, -0.1) is 46.4 Å². The molecule has 8 heteroatoms. The van der Waals surface area contributed by atoms with Gasteiger partial charge in [0, 0.05) is 13.0 Å². The van der Waals surface area contributed by atoms with Crippen molar-refractivity contribution in [3.8, 4) is 0 Å². The fourth-order valence-corrected chi connectivity index (χ4v) is 2.33. The quantitative estimate of drug-likeness (QED) is 0.395. The van der Waals surface area contributed by atoms with Crippen LogP contribution in [0.4, 0.5) is 0 Å². The van der Waals surface area contributed by atoms with Gasteiger partial charge in [-0.1, -0.05) is 6.92 Å². The molecule has 0 N–H and O–H groups in total. The van der Waals surface area contributed by atoms with Gasteiger partial charge in [0.1, 0.15) is 0 Å². The Kier molecular flexibility index (Phi) is 16.2. The Labute approximate surface area is 153 Å². The molecule has 134 valence electrons. The molecular formula is C14H26Cl4O4. The minimum atomic E-state index is -0.247. The summed E-state index contributed by atoms with van der Waals surface area (Å²) in [6.07, 6.45) is 0.238. The van der Waals surface area contributed by atoms with Crippen molar-refractivity contribution < 1.29 is 18.9 Å². The fraction of sp³-hybridized carbons (Fsp3) is 1.00. The summed E-state index contributed by atoms with van der Waals surface area (Å²) >= 11 is 23.3. The van der Waals surface area contributed by atoms with Gasteiger partial charge in [0.05, 0.1) is 61.9 Å². The second-order valence-electron chi connectivity index (χ2n) is 4.75. The van der Waals surface area contributed by atoms with Gasteiger partial charge in [0.25, 0.3) is 0 Å². The minimum absolute atomic E-state index is 0.0160. The molecule has 0 aliphatic carbocycles. The normalized spacial score (nSPS) is 17.2. The number of hydrogen-bond acceptors (Lipinski definition) is 4. The number of rotatable bonds is 15. The Hall–Kier alpha value is 1.000. The van der Waals surface area contributed by atoms with Gasteiger partial charge in [0.2, 0.25) is 0 Å². The van der Waals surface area contributed by atoms with Gasteiger partial charge in [-0.05, 0) is 6.42 Å². The van der Waals surface area contributed by atoms with Gasteiger partial charge >= 0.3 is 0 Å². The van der Waals surface area contributed by atoms with Crippen molar-refractivity contribution in [2.45, 2.75) is 37.8 Å². The van der Waals surface area contributed by atoms with Crippen molar-refractivity contribution in [2.24, 2.45) is 0 Å².